The smallest absolute Gasteiger partial charge is 0.348 e. The zero-order valence-electron chi connectivity index (χ0n) is 17.5. The molecule has 0 N–H and O–H groups in total. The van der Waals surface area contributed by atoms with Crippen LogP contribution in [0.4, 0.5) is 5.69 Å². The maximum absolute atomic E-state index is 12.0. The molecule has 0 aliphatic carbocycles. The van der Waals surface area contributed by atoms with Crippen LogP contribution in [-0.4, -0.2) is 43.7 Å². The number of halogens is 3. The van der Waals surface area contributed by atoms with Gasteiger partial charge in [0.05, 0.1) is 16.7 Å². The molecule has 1 fully saturated rings. The van der Waals surface area contributed by atoms with E-state index in [1.165, 1.54) is 6.08 Å². The quantitative estimate of drug-likeness (QED) is 0.221. The molecule has 0 amide bonds. The molecule has 3 rings (SSSR count). The van der Waals surface area contributed by atoms with Crippen LogP contribution >= 0.6 is 34.8 Å². The van der Waals surface area contributed by atoms with Crippen LogP contribution in [0.3, 0.4) is 0 Å². The Morgan fingerprint density at radius 2 is 1.72 bits per heavy atom. The maximum atomic E-state index is 12.0. The molecular formula is C24H22Cl3N3O2. The first-order valence-corrected chi connectivity index (χ1v) is 11.3. The van der Waals surface area contributed by atoms with Crippen LogP contribution in [0, 0.1) is 11.3 Å². The van der Waals surface area contributed by atoms with E-state index in [2.05, 4.69) is 9.80 Å². The highest BCUT2D eigenvalue weighted by molar-refractivity contribution is 6.42. The van der Waals surface area contributed by atoms with Crippen LogP contribution in [0.2, 0.25) is 15.1 Å². The van der Waals surface area contributed by atoms with Crippen molar-refractivity contribution < 1.29 is 9.53 Å². The summed E-state index contributed by atoms with van der Waals surface area (Å²) >= 11 is 18.3. The van der Waals surface area contributed by atoms with E-state index in [9.17, 15) is 10.1 Å². The number of allylic oxidation sites excluding steroid dienone is 2. The summed E-state index contributed by atoms with van der Waals surface area (Å²) in [6.45, 7) is 4.94. The summed E-state index contributed by atoms with van der Waals surface area (Å²) in [6.07, 6.45) is 3.29. The van der Waals surface area contributed by atoms with Crippen molar-refractivity contribution in [3.05, 3.63) is 80.8 Å². The minimum atomic E-state index is -0.633. The van der Waals surface area contributed by atoms with Crippen LogP contribution in [0.15, 0.2) is 60.2 Å². The zero-order valence-corrected chi connectivity index (χ0v) is 19.8. The summed E-state index contributed by atoms with van der Waals surface area (Å²) in [6, 6.07) is 15.0. The number of piperazine rings is 1. The minimum absolute atomic E-state index is 0.0484. The first kappa shape index (κ1) is 24.0. The SMILES string of the molecule is CCOC(=O)/C(C#N)=C/C=C(/c1ccc(Cl)cc1)N1CCN(c2ccc(Cl)c(Cl)c2)CC1. The Bertz CT molecular complexity index is 1070. The van der Waals surface area contributed by atoms with Crippen molar-refractivity contribution in [2.24, 2.45) is 0 Å². The van der Waals surface area contributed by atoms with Crippen molar-refractivity contribution >= 4 is 52.2 Å². The number of carbonyl (C=O) groups is 1. The summed E-state index contributed by atoms with van der Waals surface area (Å²) in [5, 5.41) is 11.0. The third-order valence-electron chi connectivity index (χ3n) is 5.05. The molecule has 166 valence electrons. The minimum Gasteiger partial charge on any atom is -0.462 e. The number of esters is 1. The van der Waals surface area contributed by atoms with Gasteiger partial charge in [-0.1, -0.05) is 46.9 Å². The van der Waals surface area contributed by atoms with Gasteiger partial charge in [-0.25, -0.2) is 4.79 Å². The average Bonchev–Trinajstić information content (AvgIpc) is 2.80. The molecule has 0 atom stereocenters. The van der Waals surface area contributed by atoms with Gasteiger partial charge < -0.3 is 14.5 Å². The predicted molar refractivity (Wildman–Crippen MR) is 130 cm³/mol. The highest BCUT2D eigenvalue weighted by Gasteiger charge is 2.21. The summed E-state index contributed by atoms with van der Waals surface area (Å²) in [5.74, 6) is -0.633. The second kappa shape index (κ2) is 11.3. The molecular weight excluding hydrogens is 469 g/mol. The van der Waals surface area contributed by atoms with Gasteiger partial charge in [-0.15, -0.1) is 0 Å². The van der Waals surface area contributed by atoms with Gasteiger partial charge >= 0.3 is 5.97 Å². The molecule has 5 nitrogen and oxygen atoms in total. The van der Waals surface area contributed by atoms with Crippen LogP contribution < -0.4 is 4.90 Å². The number of hydrogen-bond acceptors (Lipinski definition) is 5. The lowest BCUT2D eigenvalue weighted by molar-refractivity contribution is -0.138. The summed E-state index contributed by atoms with van der Waals surface area (Å²) in [4.78, 5) is 16.5. The van der Waals surface area contributed by atoms with Crippen LogP contribution in [-0.2, 0) is 9.53 Å². The van der Waals surface area contributed by atoms with E-state index in [1.807, 2.05) is 42.5 Å². The van der Waals surface area contributed by atoms with Gasteiger partial charge in [0.15, 0.2) is 0 Å². The summed E-state index contributed by atoms with van der Waals surface area (Å²) in [7, 11) is 0. The lowest BCUT2D eigenvalue weighted by atomic mass is 10.1. The molecule has 2 aromatic rings. The normalized spacial score (nSPS) is 14.8. The number of rotatable bonds is 6. The molecule has 32 heavy (non-hydrogen) atoms. The van der Waals surface area contributed by atoms with E-state index < -0.39 is 5.97 Å². The molecule has 2 aromatic carbocycles. The van der Waals surface area contributed by atoms with Gasteiger partial charge in [-0.05, 0) is 55.0 Å². The van der Waals surface area contributed by atoms with E-state index in [4.69, 9.17) is 39.5 Å². The largest absolute Gasteiger partial charge is 0.462 e. The zero-order chi connectivity index (χ0) is 23.1. The second-order valence-corrected chi connectivity index (χ2v) is 8.29. The number of ether oxygens (including phenoxy) is 1. The fourth-order valence-corrected chi connectivity index (χ4v) is 3.83. The fraction of sp³-hybridized carbons (Fsp3) is 0.250. The van der Waals surface area contributed by atoms with Crippen LogP contribution in [0.5, 0.6) is 0 Å². The number of carbonyl (C=O) groups excluding carboxylic acids is 1. The molecule has 0 bridgehead atoms. The Balaban J connectivity index is 1.84. The van der Waals surface area contributed by atoms with E-state index >= 15 is 0 Å². The van der Waals surface area contributed by atoms with E-state index in [0.717, 1.165) is 43.1 Å². The summed E-state index contributed by atoms with van der Waals surface area (Å²) in [5.41, 5.74) is 2.81. The van der Waals surface area contributed by atoms with Gasteiger partial charge in [0.1, 0.15) is 11.6 Å². The van der Waals surface area contributed by atoms with Crippen LogP contribution in [0.1, 0.15) is 12.5 Å². The first-order valence-electron chi connectivity index (χ1n) is 10.1. The molecule has 1 aliphatic rings. The van der Waals surface area contributed by atoms with Gasteiger partial charge in [-0.2, -0.15) is 5.26 Å². The summed E-state index contributed by atoms with van der Waals surface area (Å²) < 4.78 is 4.96. The molecule has 0 radical (unpaired) electrons. The number of anilines is 1. The van der Waals surface area contributed by atoms with Crippen molar-refractivity contribution in [1.82, 2.24) is 4.90 Å². The van der Waals surface area contributed by atoms with Crippen molar-refractivity contribution in [2.45, 2.75) is 6.92 Å². The Hall–Kier alpha value is -2.65. The van der Waals surface area contributed by atoms with Crippen molar-refractivity contribution in [2.75, 3.05) is 37.7 Å². The van der Waals surface area contributed by atoms with E-state index in [0.29, 0.717) is 15.1 Å². The number of nitriles is 1. The average molecular weight is 491 g/mol. The molecule has 0 spiro atoms. The number of benzene rings is 2. The van der Waals surface area contributed by atoms with Gasteiger partial charge in [0.2, 0.25) is 0 Å². The predicted octanol–water partition coefficient (Wildman–Crippen LogP) is 5.82. The van der Waals surface area contributed by atoms with Crippen LogP contribution in [0.25, 0.3) is 5.70 Å². The second-order valence-electron chi connectivity index (χ2n) is 7.04. The monoisotopic (exact) mass is 489 g/mol. The van der Waals surface area contributed by atoms with Crippen molar-refractivity contribution in [3.63, 3.8) is 0 Å². The third-order valence-corrected chi connectivity index (χ3v) is 6.04. The highest BCUT2D eigenvalue weighted by Crippen LogP contribution is 2.29. The van der Waals surface area contributed by atoms with Crippen molar-refractivity contribution in [3.8, 4) is 6.07 Å². The van der Waals surface area contributed by atoms with Gasteiger partial charge in [-0.3, -0.25) is 0 Å². The lowest BCUT2D eigenvalue weighted by Crippen LogP contribution is -2.45. The molecule has 8 heteroatoms. The van der Waals surface area contributed by atoms with Crippen molar-refractivity contribution in [1.29, 1.82) is 5.26 Å². The molecule has 0 aromatic heterocycles. The third kappa shape index (κ3) is 5.98. The van der Waals surface area contributed by atoms with Gasteiger partial charge in [0.25, 0.3) is 0 Å². The Labute approximate surface area is 203 Å². The standard InChI is InChI=1S/C24H22Cl3N3O2/c1-2-32-24(31)18(16-28)5-10-23(17-3-6-19(25)7-4-17)30-13-11-29(12-14-30)20-8-9-21(26)22(27)15-20/h3-10,15H,2,11-14H2,1H3/b18-5+,23-10-. The Morgan fingerprint density at radius 3 is 2.31 bits per heavy atom. The van der Waals surface area contributed by atoms with Gasteiger partial charge in [0, 0.05) is 42.6 Å². The number of hydrogen-bond donors (Lipinski definition) is 0. The number of nitrogens with zero attached hydrogens (tertiary/aromatic N) is 3. The molecule has 1 saturated heterocycles. The topological polar surface area (TPSA) is 56.6 Å². The van der Waals surface area contributed by atoms with E-state index in [1.54, 1.807) is 19.1 Å². The molecule has 0 unspecified atom stereocenters. The molecule has 1 heterocycles. The lowest BCUT2D eigenvalue weighted by Gasteiger charge is -2.38. The fourth-order valence-electron chi connectivity index (χ4n) is 3.41. The maximum Gasteiger partial charge on any atom is 0.348 e. The Kier molecular flexibility index (Phi) is 8.46. The Morgan fingerprint density at radius 1 is 1.03 bits per heavy atom. The van der Waals surface area contributed by atoms with E-state index in [-0.39, 0.29) is 12.2 Å². The first-order chi connectivity index (χ1) is 15.4. The molecule has 0 saturated carbocycles. The molecule has 1 aliphatic heterocycles. The highest BCUT2D eigenvalue weighted by atomic mass is 35.5.